The van der Waals surface area contributed by atoms with Gasteiger partial charge in [-0.15, -0.1) is 0 Å². The van der Waals surface area contributed by atoms with Crippen molar-refractivity contribution < 1.29 is 4.74 Å². The summed E-state index contributed by atoms with van der Waals surface area (Å²) in [5.74, 6) is 0. The molecule has 2 atom stereocenters. The third-order valence-corrected chi connectivity index (χ3v) is 5.89. The van der Waals surface area contributed by atoms with E-state index in [2.05, 4.69) is 24.1 Å². The summed E-state index contributed by atoms with van der Waals surface area (Å²) in [4.78, 5) is 2.65. The molecule has 1 aliphatic carbocycles. The van der Waals surface area contributed by atoms with Crippen molar-refractivity contribution in [3.8, 4) is 0 Å². The van der Waals surface area contributed by atoms with Gasteiger partial charge in [0.2, 0.25) is 0 Å². The molecule has 122 valence electrons. The van der Waals surface area contributed by atoms with Crippen molar-refractivity contribution in [2.45, 2.75) is 95.4 Å². The van der Waals surface area contributed by atoms with Crippen LogP contribution in [0.15, 0.2) is 0 Å². The fourth-order valence-corrected chi connectivity index (χ4v) is 4.54. The van der Waals surface area contributed by atoms with Crippen molar-refractivity contribution >= 4 is 0 Å². The van der Waals surface area contributed by atoms with Gasteiger partial charge in [-0.2, -0.15) is 0 Å². The van der Waals surface area contributed by atoms with Gasteiger partial charge in [0.05, 0.1) is 11.7 Å². The van der Waals surface area contributed by atoms with E-state index in [0.717, 1.165) is 6.54 Å². The molecular formula is C18H34N2O. The van der Waals surface area contributed by atoms with E-state index in [-0.39, 0.29) is 5.60 Å². The molecular weight excluding hydrogens is 260 g/mol. The number of ether oxygens (including phenoxy) is 1. The molecule has 21 heavy (non-hydrogen) atoms. The van der Waals surface area contributed by atoms with Crippen molar-refractivity contribution in [3.63, 3.8) is 0 Å². The molecule has 0 aromatic heterocycles. The van der Waals surface area contributed by atoms with Gasteiger partial charge in [0, 0.05) is 25.2 Å². The molecule has 1 spiro atoms. The van der Waals surface area contributed by atoms with Crippen LogP contribution in [0.1, 0.15) is 71.6 Å². The van der Waals surface area contributed by atoms with Gasteiger partial charge in [0.25, 0.3) is 0 Å². The summed E-state index contributed by atoms with van der Waals surface area (Å²) in [6.45, 7) is 8.21. The lowest BCUT2D eigenvalue weighted by Gasteiger charge is -2.35. The summed E-state index contributed by atoms with van der Waals surface area (Å²) >= 11 is 0. The Labute approximate surface area is 130 Å². The van der Waals surface area contributed by atoms with Crippen LogP contribution in [0.2, 0.25) is 0 Å². The third-order valence-electron chi connectivity index (χ3n) is 5.89. The van der Waals surface area contributed by atoms with Crippen LogP contribution in [0.25, 0.3) is 0 Å². The summed E-state index contributed by atoms with van der Waals surface area (Å²) < 4.78 is 6.57. The van der Waals surface area contributed by atoms with Gasteiger partial charge >= 0.3 is 0 Å². The Morgan fingerprint density at radius 1 is 1.05 bits per heavy atom. The molecule has 3 heteroatoms. The maximum atomic E-state index is 6.57. The zero-order valence-corrected chi connectivity index (χ0v) is 14.1. The number of rotatable bonds is 5. The van der Waals surface area contributed by atoms with Crippen molar-refractivity contribution in [2.24, 2.45) is 0 Å². The maximum absolute atomic E-state index is 6.57. The molecule has 2 heterocycles. The molecule has 0 radical (unpaired) electrons. The van der Waals surface area contributed by atoms with Crippen LogP contribution in [0.4, 0.5) is 0 Å². The first-order chi connectivity index (χ1) is 10.2. The normalized spacial score (nSPS) is 32.6. The van der Waals surface area contributed by atoms with Crippen LogP contribution in [-0.2, 0) is 4.74 Å². The predicted molar refractivity (Wildman–Crippen MR) is 87.7 cm³/mol. The van der Waals surface area contributed by atoms with Gasteiger partial charge in [0.1, 0.15) is 0 Å². The lowest BCUT2D eigenvalue weighted by Crippen LogP contribution is -2.45. The van der Waals surface area contributed by atoms with Gasteiger partial charge in [0.15, 0.2) is 0 Å². The molecule has 3 rings (SSSR count). The minimum atomic E-state index is 0.275. The number of hydrogen-bond acceptors (Lipinski definition) is 3. The summed E-state index contributed by atoms with van der Waals surface area (Å²) in [5, 5.41) is 3.64. The van der Waals surface area contributed by atoms with Crippen molar-refractivity contribution in [3.05, 3.63) is 0 Å². The highest BCUT2D eigenvalue weighted by molar-refractivity contribution is 4.92. The molecule has 0 aromatic carbocycles. The molecule has 1 saturated carbocycles. The van der Waals surface area contributed by atoms with Crippen LogP contribution >= 0.6 is 0 Å². The number of hydrogen-bond donors (Lipinski definition) is 1. The molecule has 0 bridgehead atoms. The summed E-state index contributed by atoms with van der Waals surface area (Å²) in [5.41, 5.74) is 0.275. The Kier molecular flexibility index (Phi) is 5.23. The van der Waals surface area contributed by atoms with Crippen molar-refractivity contribution in [1.82, 2.24) is 10.2 Å². The number of nitrogens with zero attached hydrogens (tertiary/aromatic N) is 1. The van der Waals surface area contributed by atoms with Crippen LogP contribution in [0, 0.1) is 0 Å². The highest BCUT2D eigenvalue weighted by atomic mass is 16.5. The Balaban J connectivity index is 1.51. The van der Waals surface area contributed by atoms with Crippen molar-refractivity contribution in [1.29, 1.82) is 0 Å². The third kappa shape index (κ3) is 4.00. The number of nitrogens with one attached hydrogen (secondary N) is 1. The highest BCUT2D eigenvalue weighted by Crippen LogP contribution is 2.42. The Morgan fingerprint density at radius 3 is 2.52 bits per heavy atom. The molecule has 2 aliphatic heterocycles. The second-order valence-corrected chi connectivity index (χ2v) is 7.86. The summed E-state index contributed by atoms with van der Waals surface area (Å²) in [6, 6.07) is 1.33. The first kappa shape index (κ1) is 15.8. The summed E-state index contributed by atoms with van der Waals surface area (Å²) in [7, 11) is 0. The van der Waals surface area contributed by atoms with E-state index >= 15 is 0 Å². The fourth-order valence-electron chi connectivity index (χ4n) is 4.54. The van der Waals surface area contributed by atoms with Gasteiger partial charge in [-0.25, -0.2) is 0 Å². The summed E-state index contributed by atoms with van der Waals surface area (Å²) in [6.07, 6.45) is 12.6. The molecule has 3 aliphatic rings. The smallest absolute Gasteiger partial charge is 0.0710 e. The largest absolute Gasteiger partial charge is 0.370 e. The second kappa shape index (κ2) is 6.97. The molecule has 3 fully saturated rings. The van der Waals surface area contributed by atoms with E-state index in [1.807, 2.05) is 0 Å². The first-order valence-corrected chi connectivity index (χ1v) is 9.32. The van der Waals surface area contributed by atoms with Gasteiger partial charge in [-0.3, -0.25) is 4.90 Å². The van der Waals surface area contributed by atoms with Crippen LogP contribution in [-0.4, -0.2) is 48.3 Å². The first-order valence-electron chi connectivity index (χ1n) is 9.32. The Bertz CT molecular complexity index is 319. The van der Waals surface area contributed by atoms with E-state index in [4.69, 9.17) is 4.74 Å². The van der Waals surface area contributed by atoms with E-state index in [0.29, 0.717) is 18.2 Å². The van der Waals surface area contributed by atoms with Gasteiger partial charge in [-0.05, 0) is 58.9 Å². The standard InChI is InChI=1S/C18H34N2O/c1-15(2)20(13-16-7-6-12-19-16)14-17-8-11-18(21-17)9-4-3-5-10-18/h15-17,19H,3-14H2,1-2H3. The van der Waals surface area contributed by atoms with Gasteiger partial charge < -0.3 is 10.1 Å². The quantitative estimate of drug-likeness (QED) is 0.842. The van der Waals surface area contributed by atoms with Crippen molar-refractivity contribution in [2.75, 3.05) is 19.6 Å². The lowest BCUT2D eigenvalue weighted by atomic mass is 9.83. The van der Waals surface area contributed by atoms with Crippen LogP contribution < -0.4 is 5.32 Å². The molecule has 0 aromatic rings. The monoisotopic (exact) mass is 294 g/mol. The molecule has 0 amide bonds. The van der Waals surface area contributed by atoms with E-state index < -0.39 is 0 Å². The Morgan fingerprint density at radius 2 is 1.86 bits per heavy atom. The SMILES string of the molecule is CC(C)N(CC1CCCN1)CC1CCC2(CCCCC2)O1. The molecule has 2 saturated heterocycles. The minimum absolute atomic E-state index is 0.275. The molecule has 1 N–H and O–H groups in total. The van der Waals surface area contributed by atoms with Gasteiger partial charge in [-0.1, -0.05) is 19.3 Å². The molecule has 2 unspecified atom stereocenters. The second-order valence-electron chi connectivity index (χ2n) is 7.86. The van der Waals surface area contributed by atoms with Crippen LogP contribution in [0.5, 0.6) is 0 Å². The molecule has 3 nitrogen and oxygen atoms in total. The maximum Gasteiger partial charge on any atom is 0.0710 e. The average molecular weight is 294 g/mol. The lowest BCUT2D eigenvalue weighted by molar-refractivity contribution is -0.0743. The topological polar surface area (TPSA) is 24.5 Å². The van der Waals surface area contributed by atoms with E-state index in [1.165, 1.54) is 70.9 Å². The fraction of sp³-hybridized carbons (Fsp3) is 1.00. The van der Waals surface area contributed by atoms with E-state index in [9.17, 15) is 0 Å². The minimum Gasteiger partial charge on any atom is -0.370 e. The average Bonchev–Trinajstić information content (AvgIpc) is 3.10. The van der Waals surface area contributed by atoms with Crippen LogP contribution in [0.3, 0.4) is 0 Å². The predicted octanol–water partition coefficient (Wildman–Crippen LogP) is 3.33. The Hall–Kier alpha value is -0.120. The zero-order chi connectivity index (χ0) is 14.7. The zero-order valence-electron chi connectivity index (χ0n) is 14.1. The highest BCUT2D eigenvalue weighted by Gasteiger charge is 2.41. The van der Waals surface area contributed by atoms with E-state index in [1.54, 1.807) is 0 Å².